The molecule has 0 atom stereocenters. The second kappa shape index (κ2) is 13.9. The van der Waals surface area contributed by atoms with Crippen LogP contribution in [0.2, 0.25) is 0 Å². The molecule has 2 heteroatoms. The van der Waals surface area contributed by atoms with Gasteiger partial charge in [-0.05, 0) is 43.8 Å². The smallest absolute Gasteiger partial charge is 0.0246 e. The first-order valence-corrected chi connectivity index (χ1v) is 14.9. The van der Waals surface area contributed by atoms with Gasteiger partial charge in [0.05, 0.1) is 0 Å². The molecular formula is C40H38N2. The van der Waals surface area contributed by atoms with Gasteiger partial charge in [-0.3, -0.25) is 9.80 Å². The zero-order valence-corrected chi connectivity index (χ0v) is 24.1. The lowest BCUT2D eigenvalue weighted by Gasteiger charge is -2.23. The molecule has 6 rings (SSSR count). The van der Waals surface area contributed by atoms with Crippen LogP contribution in [0.1, 0.15) is 22.3 Å². The van der Waals surface area contributed by atoms with Crippen LogP contribution >= 0.6 is 0 Å². The summed E-state index contributed by atoms with van der Waals surface area (Å²) in [5.41, 5.74) is 5.43. The Labute approximate surface area is 250 Å². The molecule has 0 aromatic heterocycles. The van der Waals surface area contributed by atoms with Crippen molar-refractivity contribution in [1.29, 1.82) is 0 Å². The molecule has 0 heterocycles. The van der Waals surface area contributed by atoms with Crippen LogP contribution in [0.15, 0.2) is 158 Å². The molecule has 0 aliphatic heterocycles. The van der Waals surface area contributed by atoms with E-state index in [0.717, 1.165) is 39.3 Å². The highest BCUT2D eigenvalue weighted by atomic mass is 15.1. The normalized spacial score (nSPS) is 11.8. The largest absolute Gasteiger partial charge is 0.291 e. The minimum atomic E-state index is 0.894. The molecule has 6 aromatic carbocycles. The van der Waals surface area contributed by atoms with Gasteiger partial charge >= 0.3 is 0 Å². The predicted molar refractivity (Wildman–Crippen MR) is 178 cm³/mol. The Morgan fingerprint density at radius 2 is 0.738 bits per heavy atom. The Balaban J connectivity index is 1.20. The van der Waals surface area contributed by atoms with Crippen LogP contribution in [0.3, 0.4) is 0 Å². The summed E-state index contributed by atoms with van der Waals surface area (Å²) < 4.78 is 0. The number of benzene rings is 6. The topological polar surface area (TPSA) is 6.48 Å². The maximum absolute atomic E-state index is 2.54. The molecule has 6 aromatic rings. The first-order chi connectivity index (χ1) is 20.8. The van der Waals surface area contributed by atoms with Gasteiger partial charge in [-0.25, -0.2) is 0 Å². The van der Waals surface area contributed by atoms with Gasteiger partial charge in [0.25, 0.3) is 0 Å². The summed E-state index contributed by atoms with van der Waals surface area (Å²) in [5, 5.41) is 5.28. The highest BCUT2D eigenvalue weighted by Gasteiger charge is 2.11. The molecule has 0 radical (unpaired) electrons. The first-order valence-electron chi connectivity index (χ1n) is 14.9. The Kier molecular flexibility index (Phi) is 9.16. The predicted octanol–water partition coefficient (Wildman–Crippen LogP) is 9.25. The number of hydrogen-bond donors (Lipinski definition) is 0. The maximum atomic E-state index is 2.54. The molecule has 0 spiro atoms. The summed E-state index contributed by atoms with van der Waals surface area (Å²) in [6.45, 7) is 5.43. The number of rotatable bonds is 12. The van der Waals surface area contributed by atoms with E-state index in [0.29, 0.717) is 0 Å². The molecule has 0 aliphatic carbocycles. The molecule has 0 aliphatic rings. The highest BCUT2D eigenvalue weighted by molar-refractivity contribution is 5.86. The van der Waals surface area contributed by atoms with Crippen molar-refractivity contribution < 1.29 is 0 Å². The Hall–Kier alpha value is -4.50. The average Bonchev–Trinajstić information content (AvgIpc) is 3.04. The van der Waals surface area contributed by atoms with E-state index in [-0.39, 0.29) is 0 Å². The molecule has 0 saturated heterocycles. The fourth-order valence-electron chi connectivity index (χ4n) is 5.84. The highest BCUT2D eigenvalue weighted by Crippen LogP contribution is 2.22. The number of nitrogens with zero attached hydrogens (tertiary/aromatic N) is 2. The third kappa shape index (κ3) is 7.22. The summed E-state index contributed by atoms with van der Waals surface area (Å²) >= 11 is 0. The molecule has 42 heavy (non-hydrogen) atoms. The van der Waals surface area contributed by atoms with Gasteiger partial charge in [0.2, 0.25) is 0 Å². The minimum absolute atomic E-state index is 0.894. The molecular weight excluding hydrogens is 508 g/mol. The van der Waals surface area contributed by atoms with Crippen molar-refractivity contribution in [2.24, 2.45) is 0 Å². The first kappa shape index (κ1) is 27.7. The van der Waals surface area contributed by atoms with Crippen LogP contribution in [0.4, 0.5) is 0 Å². The number of hydrogen-bond acceptors (Lipinski definition) is 2. The monoisotopic (exact) mass is 546 g/mol. The molecule has 0 unspecified atom stereocenters. The van der Waals surface area contributed by atoms with Crippen LogP contribution in [0.25, 0.3) is 21.5 Å². The lowest BCUT2D eigenvalue weighted by atomic mass is 10.0. The Morgan fingerprint density at radius 3 is 1.19 bits per heavy atom. The second-order valence-corrected chi connectivity index (χ2v) is 11.1. The summed E-state index contributed by atoms with van der Waals surface area (Å²) in [5.74, 6) is 0. The fourth-order valence-corrected chi connectivity index (χ4v) is 5.84. The Morgan fingerprint density at radius 1 is 0.357 bits per heavy atom. The van der Waals surface area contributed by atoms with Crippen molar-refractivity contribution in [3.05, 3.63) is 180 Å². The van der Waals surface area contributed by atoms with E-state index < -0.39 is 0 Å². The molecule has 0 saturated carbocycles. The zero-order valence-electron chi connectivity index (χ0n) is 24.1. The third-order valence-electron chi connectivity index (χ3n) is 7.94. The van der Waals surface area contributed by atoms with Gasteiger partial charge in [-0.15, -0.1) is 0 Å². The molecule has 0 N–H and O–H groups in total. The van der Waals surface area contributed by atoms with E-state index in [1.165, 1.54) is 43.8 Å². The molecule has 0 amide bonds. The van der Waals surface area contributed by atoms with E-state index in [9.17, 15) is 0 Å². The lowest BCUT2D eigenvalue weighted by molar-refractivity contribution is 0.279. The lowest BCUT2D eigenvalue weighted by Crippen LogP contribution is -2.25. The van der Waals surface area contributed by atoms with E-state index >= 15 is 0 Å². The quantitative estimate of drug-likeness (QED) is 0.141. The van der Waals surface area contributed by atoms with E-state index in [1.807, 2.05) is 0 Å². The SMILES string of the molecule is C(=CCN(Cc1ccccc1)Cc1cccc2ccccc12)CN(Cc1ccccc1)Cc1cccc2ccccc12. The van der Waals surface area contributed by atoms with Gasteiger partial charge < -0.3 is 0 Å². The Bertz CT molecular complexity index is 1600. The summed E-state index contributed by atoms with van der Waals surface area (Å²) in [6, 6.07) is 52.4. The zero-order chi connectivity index (χ0) is 28.4. The second-order valence-electron chi connectivity index (χ2n) is 11.1. The fraction of sp³-hybridized carbons (Fsp3) is 0.150. The minimum Gasteiger partial charge on any atom is -0.291 e. The van der Waals surface area contributed by atoms with Gasteiger partial charge in [0.15, 0.2) is 0 Å². The summed E-state index contributed by atoms with van der Waals surface area (Å²) in [6.07, 6.45) is 4.71. The van der Waals surface area contributed by atoms with Crippen LogP contribution < -0.4 is 0 Å². The average molecular weight is 547 g/mol. The molecule has 0 bridgehead atoms. The van der Waals surface area contributed by atoms with Crippen molar-refractivity contribution in [3.63, 3.8) is 0 Å². The third-order valence-corrected chi connectivity index (χ3v) is 7.94. The van der Waals surface area contributed by atoms with Crippen LogP contribution in [-0.2, 0) is 26.2 Å². The van der Waals surface area contributed by atoms with Crippen LogP contribution in [0.5, 0.6) is 0 Å². The van der Waals surface area contributed by atoms with Crippen LogP contribution in [-0.4, -0.2) is 22.9 Å². The molecule has 2 nitrogen and oxygen atoms in total. The van der Waals surface area contributed by atoms with Gasteiger partial charge in [-0.2, -0.15) is 0 Å². The van der Waals surface area contributed by atoms with E-state index in [1.54, 1.807) is 0 Å². The van der Waals surface area contributed by atoms with Crippen LogP contribution in [0, 0.1) is 0 Å². The van der Waals surface area contributed by atoms with Crippen molar-refractivity contribution in [3.8, 4) is 0 Å². The van der Waals surface area contributed by atoms with Crippen molar-refractivity contribution >= 4 is 21.5 Å². The van der Waals surface area contributed by atoms with E-state index in [2.05, 4.69) is 168 Å². The van der Waals surface area contributed by atoms with Gasteiger partial charge in [-0.1, -0.05) is 158 Å². The van der Waals surface area contributed by atoms with Crippen molar-refractivity contribution in [1.82, 2.24) is 9.80 Å². The van der Waals surface area contributed by atoms with Gasteiger partial charge in [0, 0.05) is 39.3 Å². The number of fused-ring (bicyclic) bond motifs is 2. The summed E-state index contributed by atoms with van der Waals surface area (Å²) in [7, 11) is 0. The van der Waals surface area contributed by atoms with Crippen molar-refractivity contribution in [2.75, 3.05) is 13.1 Å². The summed E-state index contributed by atoms with van der Waals surface area (Å²) in [4.78, 5) is 5.08. The molecule has 0 fully saturated rings. The van der Waals surface area contributed by atoms with E-state index in [4.69, 9.17) is 0 Å². The van der Waals surface area contributed by atoms with Gasteiger partial charge in [0.1, 0.15) is 0 Å². The van der Waals surface area contributed by atoms with Crippen molar-refractivity contribution in [2.45, 2.75) is 26.2 Å². The molecule has 208 valence electrons. The standard InChI is InChI=1S/C40H38N2/c1-3-15-33(16-4-1)29-41(31-37-23-13-21-35-19-7-9-25-39(35)37)27-11-12-28-42(30-34-17-5-2-6-18-34)32-38-24-14-22-36-20-8-10-26-40(36)38/h1-26H,27-32H2. The maximum Gasteiger partial charge on any atom is 0.0246 e.